The van der Waals surface area contributed by atoms with E-state index in [9.17, 15) is 19.5 Å². The Balaban J connectivity index is 1.27. The van der Waals surface area contributed by atoms with Gasteiger partial charge in [0.05, 0.1) is 0 Å². The molecular weight excluding hydrogens is 568 g/mol. The fourth-order valence-corrected chi connectivity index (χ4v) is 6.97. The predicted octanol–water partition coefficient (Wildman–Crippen LogP) is 2.25. The molecule has 232 valence electrons. The van der Waals surface area contributed by atoms with Crippen molar-refractivity contribution in [2.45, 2.75) is 82.4 Å². The minimum atomic E-state index is -0.878. The van der Waals surface area contributed by atoms with Gasteiger partial charge >= 0.3 is 0 Å². The lowest BCUT2D eigenvalue weighted by Gasteiger charge is -2.42. The topological polar surface area (TPSA) is 131 Å². The number of likely N-dealkylation sites (N-methyl/N-ethyl adjacent to an activating group) is 1. The third-order valence-corrected chi connectivity index (χ3v) is 9.49. The molecule has 0 radical (unpaired) electrons. The Labute approximate surface area is 258 Å². The van der Waals surface area contributed by atoms with Gasteiger partial charge in [0.1, 0.15) is 18.3 Å². The fourth-order valence-electron chi connectivity index (χ4n) is 6.85. The maximum absolute atomic E-state index is 13.8. The van der Waals surface area contributed by atoms with Crippen LogP contribution in [-0.4, -0.2) is 94.6 Å². The summed E-state index contributed by atoms with van der Waals surface area (Å²) in [7, 11) is 2.11. The number of fused-ring (bicyclic) bond motifs is 3. The monoisotopic (exact) mass is 610 g/mol. The molecule has 2 saturated heterocycles. The number of hydrogen-bond acceptors (Lipinski definition) is 7. The number of rotatable bonds is 10. The van der Waals surface area contributed by atoms with Crippen molar-refractivity contribution in [3.63, 3.8) is 0 Å². The van der Waals surface area contributed by atoms with Gasteiger partial charge in [-0.2, -0.15) is 0 Å². The minimum Gasteiger partial charge on any atom is -0.378 e. The minimum absolute atomic E-state index is 0.127. The van der Waals surface area contributed by atoms with Crippen molar-refractivity contribution in [1.82, 2.24) is 20.0 Å². The zero-order valence-electron chi connectivity index (χ0n) is 25.0. The zero-order valence-corrected chi connectivity index (χ0v) is 25.7. The van der Waals surface area contributed by atoms with Gasteiger partial charge in [0.2, 0.25) is 17.7 Å². The standard InChI is InChI=1S/C32H43ClN6O4/c1-20-15-23(7-10-26(20)33)35-31(42)27(13-14-34)36-32(43)28-16-21-5-3-4-6-22(21)17-38(28)29(40)11-12-30(41)39-24-8-9-25(39)19-37(2)18-24/h3-7,10,15,24-25,27-28,30,41H,8-9,11-14,16-19,34H2,1-2H3,(H,35,42)(H,36,43)/t24?,25?,27-,28-,30?/m0/s1. The number of piperazine rings is 1. The zero-order chi connectivity index (χ0) is 30.7. The second-order valence-corrected chi connectivity index (χ2v) is 12.6. The molecule has 2 bridgehead atoms. The maximum atomic E-state index is 13.8. The SMILES string of the molecule is Cc1cc(NC(=O)[C@H](CCN)NC(=O)[C@@H]2Cc3ccccc3CN2C(=O)CCC(O)N2C3CCC2CN(C)C3)ccc1Cl. The van der Waals surface area contributed by atoms with E-state index in [2.05, 4.69) is 27.5 Å². The van der Waals surface area contributed by atoms with Crippen LogP contribution in [0.15, 0.2) is 42.5 Å². The number of aliphatic hydroxyl groups excluding tert-OH is 1. The van der Waals surface area contributed by atoms with Gasteiger partial charge in [-0.15, -0.1) is 0 Å². The van der Waals surface area contributed by atoms with E-state index in [1.807, 2.05) is 31.2 Å². The van der Waals surface area contributed by atoms with Crippen LogP contribution in [0.5, 0.6) is 0 Å². The van der Waals surface area contributed by atoms with Gasteiger partial charge in [0, 0.05) is 55.3 Å². The third-order valence-electron chi connectivity index (χ3n) is 9.07. The fraction of sp³-hybridized carbons (Fsp3) is 0.531. The molecule has 3 heterocycles. The normalized spacial score (nSPS) is 23.4. The first-order chi connectivity index (χ1) is 20.6. The molecule has 0 aliphatic carbocycles. The first kappa shape index (κ1) is 31.4. The van der Waals surface area contributed by atoms with Gasteiger partial charge < -0.3 is 31.3 Å². The number of nitrogens with zero attached hydrogens (tertiary/aromatic N) is 3. The highest BCUT2D eigenvalue weighted by molar-refractivity contribution is 6.31. The van der Waals surface area contributed by atoms with Crippen molar-refractivity contribution in [2.24, 2.45) is 5.73 Å². The summed E-state index contributed by atoms with van der Waals surface area (Å²) in [6.07, 6.45) is 2.42. The molecule has 10 nitrogen and oxygen atoms in total. The molecule has 11 heteroatoms. The van der Waals surface area contributed by atoms with Crippen LogP contribution in [0, 0.1) is 6.92 Å². The summed E-state index contributed by atoms with van der Waals surface area (Å²) in [5.41, 5.74) is 9.19. The van der Waals surface area contributed by atoms with Crippen LogP contribution in [0.4, 0.5) is 5.69 Å². The van der Waals surface area contributed by atoms with Crippen molar-refractivity contribution in [3.8, 4) is 0 Å². The molecule has 3 unspecified atom stereocenters. The maximum Gasteiger partial charge on any atom is 0.246 e. The summed E-state index contributed by atoms with van der Waals surface area (Å²) in [6.45, 7) is 4.17. The smallest absolute Gasteiger partial charge is 0.246 e. The Morgan fingerprint density at radius 3 is 2.44 bits per heavy atom. The van der Waals surface area contributed by atoms with Crippen LogP contribution < -0.4 is 16.4 Å². The number of nitrogens with one attached hydrogen (secondary N) is 2. The first-order valence-electron chi connectivity index (χ1n) is 15.2. The van der Waals surface area contributed by atoms with Gasteiger partial charge in [-0.3, -0.25) is 19.3 Å². The van der Waals surface area contributed by atoms with Crippen LogP contribution in [-0.2, 0) is 27.3 Å². The van der Waals surface area contributed by atoms with E-state index in [0.717, 1.165) is 42.6 Å². The van der Waals surface area contributed by atoms with Gasteiger partial charge in [-0.25, -0.2) is 0 Å². The molecule has 3 amide bonds. The van der Waals surface area contributed by atoms with E-state index in [-0.39, 0.29) is 31.2 Å². The average Bonchev–Trinajstić information content (AvgIpc) is 3.27. The molecule has 2 fully saturated rings. The quantitative estimate of drug-likeness (QED) is 0.325. The number of benzene rings is 2. The van der Waals surface area contributed by atoms with E-state index in [4.69, 9.17) is 17.3 Å². The van der Waals surface area contributed by atoms with Crippen molar-refractivity contribution in [2.75, 3.05) is 32.0 Å². The van der Waals surface area contributed by atoms with Crippen molar-refractivity contribution in [1.29, 1.82) is 0 Å². The molecule has 43 heavy (non-hydrogen) atoms. The second kappa shape index (κ2) is 13.7. The number of aryl methyl sites for hydroxylation is 1. The molecule has 0 saturated carbocycles. The van der Waals surface area contributed by atoms with Crippen molar-refractivity contribution in [3.05, 3.63) is 64.2 Å². The number of nitrogens with two attached hydrogens (primary N) is 1. The summed E-state index contributed by atoms with van der Waals surface area (Å²) in [6, 6.07) is 11.9. The summed E-state index contributed by atoms with van der Waals surface area (Å²) in [5.74, 6) is -0.979. The molecule has 5 rings (SSSR count). The van der Waals surface area contributed by atoms with Gasteiger partial charge in [-0.05, 0) is 81.1 Å². The first-order valence-corrected chi connectivity index (χ1v) is 15.6. The lowest BCUT2D eigenvalue weighted by molar-refractivity contribution is -0.144. The lowest BCUT2D eigenvalue weighted by atomic mass is 9.92. The highest BCUT2D eigenvalue weighted by Crippen LogP contribution is 2.32. The molecule has 3 aliphatic rings. The molecule has 2 aromatic carbocycles. The van der Waals surface area contributed by atoms with Gasteiger partial charge in [0.15, 0.2) is 0 Å². The Bertz CT molecular complexity index is 1330. The number of anilines is 1. The molecule has 5 atom stereocenters. The number of aliphatic hydroxyl groups is 1. The van der Waals surface area contributed by atoms with E-state index in [1.165, 1.54) is 0 Å². The van der Waals surface area contributed by atoms with E-state index in [1.54, 1.807) is 23.1 Å². The highest BCUT2D eigenvalue weighted by Gasteiger charge is 2.42. The van der Waals surface area contributed by atoms with Crippen LogP contribution in [0.3, 0.4) is 0 Å². The number of amides is 3. The van der Waals surface area contributed by atoms with Crippen molar-refractivity contribution < 1.29 is 19.5 Å². The van der Waals surface area contributed by atoms with E-state index < -0.39 is 24.2 Å². The van der Waals surface area contributed by atoms with Crippen LogP contribution in [0.2, 0.25) is 5.02 Å². The molecule has 0 aromatic heterocycles. The lowest BCUT2D eigenvalue weighted by Crippen LogP contribution is -2.57. The highest BCUT2D eigenvalue weighted by atomic mass is 35.5. The average molecular weight is 611 g/mol. The molecule has 3 aliphatic heterocycles. The number of halogens is 1. The van der Waals surface area contributed by atoms with Crippen LogP contribution in [0.1, 0.15) is 48.8 Å². The van der Waals surface area contributed by atoms with Crippen LogP contribution in [0.25, 0.3) is 0 Å². The molecule has 5 N–H and O–H groups in total. The number of carbonyl (C=O) groups excluding carboxylic acids is 3. The Morgan fingerprint density at radius 1 is 1.07 bits per heavy atom. The summed E-state index contributed by atoms with van der Waals surface area (Å²) in [4.78, 5) is 46.7. The molecule has 0 spiro atoms. The molecular formula is C32H43ClN6O4. The van der Waals surface area contributed by atoms with Gasteiger partial charge in [0.25, 0.3) is 0 Å². The summed E-state index contributed by atoms with van der Waals surface area (Å²) >= 11 is 6.12. The van der Waals surface area contributed by atoms with E-state index in [0.29, 0.717) is 42.2 Å². The summed E-state index contributed by atoms with van der Waals surface area (Å²) < 4.78 is 0. The summed E-state index contributed by atoms with van der Waals surface area (Å²) in [5, 5.41) is 17.4. The van der Waals surface area contributed by atoms with Crippen molar-refractivity contribution >= 4 is 35.0 Å². The Hall–Kier alpha value is -3.02. The predicted molar refractivity (Wildman–Crippen MR) is 166 cm³/mol. The number of likely N-dealkylation sites (tertiary alicyclic amines) is 1. The third kappa shape index (κ3) is 7.21. The number of hydrogen-bond donors (Lipinski definition) is 4. The second-order valence-electron chi connectivity index (χ2n) is 12.2. The number of carbonyl (C=O) groups is 3. The van der Waals surface area contributed by atoms with Crippen LogP contribution >= 0.6 is 11.6 Å². The van der Waals surface area contributed by atoms with Gasteiger partial charge in [-0.1, -0.05) is 35.9 Å². The Morgan fingerprint density at radius 2 is 1.77 bits per heavy atom. The Kier molecular flexibility index (Phi) is 10.0. The van der Waals surface area contributed by atoms with E-state index >= 15 is 0 Å². The largest absolute Gasteiger partial charge is 0.378 e. The molecule has 2 aromatic rings.